The minimum Gasteiger partial charge on any atom is -0.209 e. The Hall–Kier alpha value is -0.810. The van der Waals surface area contributed by atoms with E-state index in [-0.39, 0.29) is 17.5 Å². The van der Waals surface area contributed by atoms with Crippen LogP contribution in [0.15, 0.2) is 54.6 Å². The first-order chi connectivity index (χ1) is 13.1. The topological polar surface area (TPSA) is 38.7 Å². The predicted molar refractivity (Wildman–Crippen MR) is 119 cm³/mol. The minimum absolute atomic E-state index is 0.120. The highest BCUT2D eigenvalue weighted by molar-refractivity contribution is 6.67. The summed E-state index contributed by atoms with van der Waals surface area (Å²) in [6.07, 6.45) is 13.6. The molecule has 1 aliphatic carbocycles. The molecule has 3 nitrogen and oxygen atoms in total. The van der Waals surface area contributed by atoms with Gasteiger partial charge in [0.15, 0.2) is 17.5 Å². The van der Waals surface area contributed by atoms with Crippen molar-refractivity contribution in [2.75, 3.05) is 0 Å². The lowest BCUT2D eigenvalue weighted by Gasteiger charge is -2.15. The third kappa shape index (κ3) is 5.85. The Bertz CT molecular complexity index is 892. The third-order valence-electron chi connectivity index (χ3n) is 3.86. The predicted octanol–water partition coefficient (Wildman–Crippen LogP) is 7.34. The van der Waals surface area contributed by atoms with Crippen LogP contribution in [0.2, 0.25) is 0 Å². The van der Waals surface area contributed by atoms with Crippen LogP contribution in [-0.2, 0) is 7.59 Å². The smallest absolute Gasteiger partial charge is 0.209 e. The maximum Gasteiger partial charge on any atom is 0.250 e. The Morgan fingerprint density at radius 1 is 0.821 bits per heavy atom. The number of benzene rings is 1. The largest absolute Gasteiger partial charge is 0.250 e. The maximum atomic E-state index is 5.91. The van der Waals surface area contributed by atoms with Crippen molar-refractivity contribution in [3.05, 3.63) is 71.9 Å². The van der Waals surface area contributed by atoms with Crippen LogP contribution in [0.25, 0.3) is 17.5 Å². The third-order valence-corrected chi connectivity index (χ3v) is 4.88. The van der Waals surface area contributed by atoms with Crippen molar-refractivity contribution >= 4 is 75.7 Å². The molecular formula is C19H13Cl6N3. The van der Waals surface area contributed by atoms with E-state index in [1.54, 1.807) is 0 Å². The van der Waals surface area contributed by atoms with Gasteiger partial charge in [-0.1, -0.05) is 130 Å². The zero-order valence-corrected chi connectivity index (χ0v) is 18.7. The van der Waals surface area contributed by atoms with Crippen LogP contribution in [0.3, 0.4) is 0 Å². The average molecular weight is 496 g/mol. The molecule has 1 heterocycles. The van der Waals surface area contributed by atoms with Crippen LogP contribution < -0.4 is 0 Å². The summed E-state index contributed by atoms with van der Waals surface area (Å²) < 4.78 is -3.76. The molecule has 0 saturated carbocycles. The number of nitrogens with zero attached hydrogens (tertiary/aromatic N) is 3. The van der Waals surface area contributed by atoms with Crippen molar-refractivity contribution in [1.29, 1.82) is 0 Å². The van der Waals surface area contributed by atoms with Crippen molar-refractivity contribution in [1.82, 2.24) is 15.0 Å². The van der Waals surface area contributed by atoms with Crippen LogP contribution in [-0.4, -0.2) is 15.0 Å². The fourth-order valence-electron chi connectivity index (χ4n) is 2.48. The summed E-state index contributed by atoms with van der Waals surface area (Å²) in [7, 11) is 0. The fourth-order valence-corrected chi connectivity index (χ4v) is 2.99. The Labute approximate surface area is 193 Å². The standard InChI is InChI=1S/C19H13Cl6N3/c20-18(21,22)16-26-15(27-17(28-16)19(23,24)25)14-10-8-13(9-11-14)7-6-12-4-2-1-3-5-12/h1-4,6-12H,5H2/b7-6+. The molecule has 146 valence electrons. The molecule has 0 aliphatic heterocycles. The second kappa shape index (κ2) is 8.91. The lowest BCUT2D eigenvalue weighted by molar-refractivity contribution is 0.826. The second-order valence-electron chi connectivity index (χ2n) is 6.00. The van der Waals surface area contributed by atoms with Gasteiger partial charge in [0.1, 0.15) is 0 Å². The van der Waals surface area contributed by atoms with Crippen LogP contribution in [0.5, 0.6) is 0 Å². The van der Waals surface area contributed by atoms with Crippen molar-refractivity contribution in [2.24, 2.45) is 5.92 Å². The van der Waals surface area contributed by atoms with E-state index in [0.29, 0.717) is 11.5 Å². The highest BCUT2D eigenvalue weighted by Gasteiger charge is 2.33. The van der Waals surface area contributed by atoms with E-state index in [2.05, 4.69) is 39.3 Å². The van der Waals surface area contributed by atoms with E-state index in [1.165, 1.54) is 0 Å². The molecule has 0 spiro atoms. The van der Waals surface area contributed by atoms with Crippen LogP contribution in [0, 0.1) is 5.92 Å². The Morgan fingerprint density at radius 3 is 1.93 bits per heavy atom. The van der Waals surface area contributed by atoms with Gasteiger partial charge in [0.05, 0.1) is 0 Å². The molecule has 1 atom stereocenters. The van der Waals surface area contributed by atoms with Crippen LogP contribution in [0.1, 0.15) is 23.6 Å². The maximum absolute atomic E-state index is 5.91. The number of allylic oxidation sites excluding steroid dienone is 5. The van der Waals surface area contributed by atoms with Gasteiger partial charge >= 0.3 is 0 Å². The van der Waals surface area contributed by atoms with Gasteiger partial charge in [-0.3, -0.25) is 0 Å². The summed E-state index contributed by atoms with van der Waals surface area (Å²) in [4.78, 5) is 12.4. The number of aromatic nitrogens is 3. The molecule has 1 aromatic carbocycles. The zero-order chi connectivity index (χ0) is 20.4. The number of alkyl halides is 6. The van der Waals surface area contributed by atoms with Gasteiger partial charge in [0.25, 0.3) is 0 Å². The lowest BCUT2D eigenvalue weighted by Crippen LogP contribution is -2.16. The van der Waals surface area contributed by atoms with Gasteiger partial charge in [-0.2, -0.15) is 0 Å². The SMILES string of the molecule is ClC(Cl)(Cl)c1nc(-c2ccc(/C=C/C3C=CC=CC3)cc2)nc(C(Cl)(Cl)Cl)n1. The summed E-state index contributed by atoms with van der Waals surface area (Å²) in [6.45, 7) is 0. The Morgan fingerprint density at radius 2 is 1.43 bits per heavy atom. The molecule has 1 unspecified atom stereocenters. The van der Waals surface area contributed by atoms with Crippen molar-refractivity contribution in [2.45, 2.75) is 14.0 Å². The van der Waals surface area contributed by atoms with Gasteiger partial charge in [-0.05, 0) is 17.9 Å². The van der Waals surface area contributed by atoms with Crippen LogP contribution >= 0.6 is 69.6 Å². The first-order valence-corrected chi connectivity index (χ1v) is 10.4. The highest BCUT2D eigenvalue weighted by Crippen LogP contribution is 2.40. The van der Waals surface area contributed by atoms with Crippen LogP contribution in [0.4, 0.5) is 0 Å². The van der Waals surface area contributed by atoms with Gasteiger partial charge in [-0.15, -0.1) is 0 Å². The molecule has 0 saturated heterocycles. The molecule has 28 heavy (non-hydrogen) atoms. The number of hydrogen-bond acceptors (Lipinski definition) is 3. The van der Waals surface area contributed by atoms with E-state index >= 15 is 0 Å². The Balaban J connectivity index is 1.89. The number of halogens is 6. The molecule has 0 fully saturated rings. The molecule has 9 heteroatoms. The van der Waals surface area contributed by atoms with Gasteiger partial charge in [0, 0.05) is 5.56 Å². The average Bonchev–Trinajstić information content (AvgIpc) is 2.66. The molecular weight excluding hydrogens is 483 g/mol. The molecule has 1 aliphatic rings. The first kappa shape index (κ1) is 21.9. The Kier molecular flexibility index (Phi) is 6.96. The zero-order valence-electron chi connectivity index (χ0n) is 14.2. The van der Waals surface area contributed by atoms with E-state index in [4.69, 9.17) is 69.6 Å². The normalized spacial score (nSPS) is 17.4. The minimum atomic E-state index is -1.88. The summed E-state index contributed by atoms with van der Waals surface area (Å²) in [5.74, 6) is 0.398. The number of rotatable bonds is 3. The molecule has 0 N–H and O–H groups in total. The quantitative estimate of drug-likeness (QED) is 0.418. The van der Waals surface area contributed by atoms with E-state index in [0.717, 1.165) is 12.0 Å². The molecule has 2 aromatic rings. The van der Waals surface area contributed by atoms with E-state index < -0.39 is 7.59 Å². The monoisotopic (exact) mass is 493 g/mol. The van der Waals surface area contributed by atoms with E-state index in [9.17, 15) is 0 Å². The molecule has 0 amide bonds. The van der Waals surface area contributed by atoms with E-state index in [1.807, 2.05) is 36.4 Å². The van der Waals surface area contributed by atoms with Gasteiger partial charge in [0.2, 0.25) is 7.59 Å². The van der Waals surface area contributed by atoms with Gasteiger partial charge in [-0.25, -0.2) is 15.0 Å². The molecule has 1 aromatic heterocycles. The summed E-state index contributed by atoms with van der Waals surface area (Å²) in [5.41, 5.74) is 1.70. The van der Waals surface area contributed by atoms with Crippen molar-refractivity contribution in [3.63, 3.8) is 0 Å². The lowest BCUT2D eigenvalue weighted by atomic mass is 9.99. The van der Waals surface area contributed by atoms with Gasteiger partial charge < -0.3 is 0 Å². The van der Waals surface area contributed by atoms with Crippen molar-refractivity contribution in [3.8, 4) is 11.4 Å². The fraction of sp³-hybridized carbons (Fsp3) is 0.211. The molecule has 0 bridgehead atoms. The molecule has 0 radical (unpaired) electrons. The first-order valence-electron chi connectivity index (χ1n) is 8.15. The number of hydrogen-bond donors (Lipinski definition) is 0. The molecule has 3 rings (SSSR count). The van der Waals surface area contributed by atoms with Crippen molar-refractivity contribution < 1.29 is 0 Å². The summed E-state index contributed by atoms with van der Waals surface area (Å²) in [5, 5.41) is 0. The highest BCUT2D eigenvalue weighted by atomic mass is 35.6. The summed E-state index contributed by atoms with van der Waals surface area (Å²) in [6, 6.07) is 7.55. The second-order valence-corrected chi connectivity index (χ2v) is 10.6. The summed E-state index contributed by atoms with van der Waals surface area (Å²) >= 11 is 35.5.